The monoisotopic (exact) mass is 539 g/mol. The van der Waals surface area contributed by atoms with Crippen LogP contribution in [0.5, 0.6) is 0 Å². The fourth-order valence-electron chi connectivity index (χ4n) is 3.78. The van der Waals surface area contributed by atoms with E-state index in [2.05, 4.69) is 5.32 Å². The van der Waals surface area contributed by atoms with E-state index in [0.29, 0.717) is 6.54 Å². The molecular weight excluding hydrogens is 505 g/mol. The van der Waals surface area contributed by atoms with E-state index in [1.54, 1.807) is 25.1 Å². The lowest BCUT2D eigenvalue weighted by Gasteiger charge is -2.32. The molecule has 0 aliphatic carbocycles. The second kappa shape index (κ2) is 12.7. The second-order valence-electron chi connectivity index (χ2n) is 9.62. The van der Waals surface area contributed by atoms with Gasteiger partial charge in [-0.05, 0) is 61.7 Å². The van der Waals surface area contributed by atoms with Crippen LogP contribution in [-0.4, -0.2) is 44.3 Å². The Bertz CT molecular complexity index is 1330. The summed E-state index contributed by atoms with van der Waals surface area (Å²) < 4.78 is 41.9. The van der Waals surface area contributed by atoms with Gasteiger partial charge in [-0.2, -0.15) is 0 Å². The highest BCUT2D eigenvalue weighted by Crippen LogP contribution is 2.25. The molecule has 7 nitrogen and oxygen atoms in total. The van der Waals surface area contributed by atoms with Crippen LogP contribution in [0.2, 0.25) is 0 Å². The number of hydrogen-bond donors (Lipinski definition) is 1. The Balaban J connectivity index is 1.98. The van der Waals surface area contributed by atoms with Gasteiger partial charge in [-0.15, -0.1) is 0 Å². The molecule has 0 saturated carbocycles. The maximum atomic E-state index is 13.8. The van der Waals surface area contributed by atoms with Crippen molar-refractivity contribution in [3.63, 3.8) is 0 Å². The van der Waals surface area contributed by atoms with Gasteiger partial charge in [0.1, 0.15) is 18.4 Å². The highest BCUT2D eigenvalue weighted by molar-refractivity contribution is 7.92. The van der Waals surface area contributed by atoms with Crippen LogP contribution in [0.3, 0.4) is 0 Å². The number of amides is 2. The summed E-state index contributed by atoms with van der Waals surface area (Å²) in [5.74, 6) is -1.22. The first-order valence-electron chi connectivity index (χ1n) is 12.4. The van der Waals surface area contributed by atoms with Crippen LogP contribution in [0.4, 0.5) is 10.1 Å². The number of halogens is 1. The van der Waals surface area contributed by atoms with Crippen molar-refractivity contribution in [2.24, 2.45) is 5.92 Å². The van der Waals surface area contributed by atoms with Crippen LogP contribution >= 0.6 is 0 Å². The molecule has 2 amide bonds. The van der Waals surface area contributed by atoms with Crippen LogP contribution < -0.4 is 9.62 Å². The summed E-state index contributed by atoms with van der Waals surface area (Å²) in [5.41, 5.74) is 1.98. The van der Waals surface area contributed by atoms with Crippen molar-refractivity contribution in [2.45, 2.75) is 45.2 Å². The van der Waals surface area contributed by atoms with E-state index >= 15 is 0 Å². The lowest BCUT2D eigenvalue weighted by atomic mass is 10.1. The molecule has 1 N–H and O–H groups in total. The van der Waals surface area contributed by atoms with Crippen molar-refractivity contribution in [3.05, 3.63) is 95.8 Å². The number of aryl methyl sites for hydroxylation is 1. The maximum absolute atomic E-state index is 13.8. The van der Waals surface area contributed by atoms with E-state index in [1.807, 2.05) is 45.0 Å². The van der Waals surface area contributed by atoms with Crippen LogP contribution in [-0.2, 0) is 26.2 Å². The van der Waals surface area contributed by atoms with Crippen molar-refractivity contribution in [1.82, 2.24) is 10.2 Å². The fraction of sp³-hybridized carbons (Fsp3) is 0.310. The molecule has 3 aromatic carbocycles. The number of hydrogen-bond acceptors (Lipinski definition) is 4. The van der Waals surface area contributed by atoms with E-state index in [-0.39, 0.29) is 29.0 Å². The lowest BCUT2D eigenvalue weighted by molar-refractivity contribution is -0.139. The van der Waals surface area contributed by atoms with E-state index in [4.69, 9.17) is 0 Å². The van der Waals surface area contributed by atoms with Gasteiger partial charge >= 0.3 is 0 Å². The number of carbonyl (C=O) groups is 2. The number of anilines is 1. The molecule has 38 heavy (non-hydrogen) atoms. The van der Waals surface area contributed by atoms with Gasteiger partial charge in [0.2, 0.25) is 11.8 Å². The molecule has 0 saturated heterocycles. The first-order chi connectivity index (χ1) is 18.0. The Hall–Kier alpha value is -3.72. The lowest BCUT2D eigenvalue weighted by Crippen LogP contribution is -2.51. The van der Waals surface area contributed by atoms with Crippen LogP contribution in [0, 0.1) is 18.7 Å². The van der Waals surface area contributed by atoms with Gasteiger partial charge in [-0.25, -0.2) is 12.8 Å². The average Bonchev–Trinajstić information content (AvgIpc) is 2.90. The summed E-state index contributed by atoms with van der Waals surface area (Å²) in [6.07, 6.45) is 0. The molecule has 0 aromatic heterocycles. The molecule has 3 aromatic rings. The number of sulfonamides is 1. The topological polar surface area (TPSA) is 86.8 Å². The zero-order valence-corrected chi connectivity index (χ0v) is 22.9. The molecule has 9 heteroatoms. The molecule has 3 rings (SSSR count). The molecule has 0 spiro atoms. The van der Waals surface area contributed by atoms with Crippen molar-refractivity contribution >= 4 is 27.5 Å². The molecule has 0 aliphatic heterocycles. The summed E-state index contributed by atoms with van der Waals surface area (Å²) in [6.45, 7) is 7.48. The van der Waals surface area contributed by atoms with E-state index in [9.17, 15) is 22.4 Å². The number of nitrogens with one attached hydrogen (secondary N) is 1. The SMILES string of the molecule is Cc1ccc(CN(C(=O)CN(c2ccc(F)cc2)S(=O)(=O)c2ccccc2)[C@H](C)C(=O)NCC(C)C)cc1. The van der Waals surface area contributed by atoms with Gasteiger partial charge < -0.3 is 10.2 Å². The number of nitrogens with zero attached hydrogens (tertiary/aromatic N) is 2. The third-order valence-electron chi connectivity index (χ3n) is 6.05. The summed E-state index contributed by atoms with van der Waals surface area (Å²) in [7, 11) is -4.18. The van der Waals surface area contributed by atoms with E-state index < -0.39 is 34.3 Å². The molecule has 0 aliphatic rings. The summed E-state index contributed by atoms with van der Waals surface area (Å²) in [4.78, 5) is 28.1. The molecule has 0 unspecified atom stereocenters. The van der Waals surface area contributed by atoms with Crippen molar-refractivity contribution in [1.29, 1.82) is 0 Å². The fourth-order valence-corrected chi connectivity index (χ4v) is 5.22. The minimum Gasteiger partial charge on any atom is -0.354 e. The van der Waals surface area contributed by atoms with Crippen LogP contribution in [0.15, 0.2) is 83.8 Å². The summed E-state index contributed by atoms with van der Waals surface area (Å²) in [6, 6.07) is 19.3. The maximum Gasteiger partial charge on any atom is 0.264 e. The van der Waals surface area contributed by atoms with Crippen molar-refractivity contribution in [2.75, 3.05) is 17.4 Å². The first kappa shape index (κ1) is 28.8. The Labute approximate surface area is 224 Å². The summed E-state index contributed by atoms with van der Waals surface area (Å²) in [5, 5.41) is 2.85. The molecule has 0 radical (unpaired) electrons. The molecular formula is C29H34FN3O4S. The second-order valence-corrected chi connectivity index (χ2v) is 11.5. The van der Waals surface area contributed by atoms with E-state index in [0.717, 1.165) is 27.6 Å². The third kappa shape index (κ3) is 7.41. The van der Waals surface area contributed by atoms with Crippen molar-refractivity contribution in [3.8, 4) is 0 Å². The summed E-state index contributed by atoms with van der Waals surface area (Å²) >= 11 is 0. The predicted molar refractivity (Wildman–Crippen MR) is 146 cm³/mol. The Morgan fingerprint density at radius 1 is 0.895 bits per heavy atom. The first-order valence-corrected chi connectivity index (χ1v) is 13.9. The normalized spacial score (nSPS) is 12.2. The van der Waals surface area contributed by atoms with Crippen LogP contribution in [0.25, 0.3) is 0 Å². The number of benzene rings is 3. The highest BCUT2D eigenvalue weighted by atomic mass is 32.2. The zero-order chi connectivity index (χ0) is 27.9. The predicted octanol–water partition coefficient (Wildman–Crippen LogP) is 4.52. The van der Waals surface area contributed by atoms with Gasteiger partial charge in [-0.1, -0.05) is 61.9 Å². The molecule has 1 atom stereocenters. The van der Waals surface area contributed by atoms with Gasteiger partial charge in [0.05, 0.1) is 10.6 Å². The third-order valence-corrected chi connectivity index (χ3v) is 7.84. The number of carbonyl (C=O) groups excluding carboxylic acids is 2. The van der Waals surface area contributed by atoms with Crippen molar-refractivity contribution < 1.29 is 22.4 Å². The molecule has 0 heterocycles. The standard InChI is InChI=1S/C29H34FN3O4S/c1-21(2)18-31-29(35)23(4)32(19-24-12-10-22(3)11-13-24)28(34)20-33(26-16-14-25(30)15-17-26)38(36,37)27-8-6-5-7-9-27/h5-17,21,23H,18-20H2,1-4H3,(H,31,35)/t23-/m1/s1. The highest BCUT2D eigenvalue weighted by Gasteiger charge is 2.32. The van der Waals surface area contributed by atoms with Gasteiger partial charge in [0, 0.05) is 13.1 Å². The van der Waals surface area contributed by atoms with E-state index in [1.165, 1.54) is 29.2 Å². The smallest absolute Gasteiger partial charge is 0.264 e. The Kier molecular flexibility index (Phi) is 9.63. The molecule has 0 bridgehead atoms. The molecule has 0 fully saturated rings. The van der Waals surface area contributed by atoms with Gasteiger partial charge in [-0.3, -0.25) is 13.9 Å². The van der Waals surface area contributed by atoms with Crippen LogP contribution in [0.1, 0.15) is 31.9 Å². The zero-order valence-electron chi connectivity index (χ0n) is 22.1. The Morgan fingerprint density at radius 3 is 2.08 bits per heavy atom. The number of rotatable bonds is 11. The minimum atomic E-state index is -4.18. The Morgan fingerprint density at radius 2 is 1.50 bits per heavy atom. The van der Waals surface area contributed by atoms with Gasteiger partial charge in [0.15, 0.2) is 0 Å². The molecule has 202 valence electrons. The van der Waals surface area contributed by atoms with Gasteiger partial charge in [0.25, 0.3) is 10.0 Å². The minimum absolute atomic E-state index is 0.00932. The quantitative estimate of drug-likeness (QED) is 0.388. The largest absolute Gasteiger partial charge is 0.354 e. The average molecular weight is 540 g/mol.